The molecule has 3 aliphatic rings. The first kappa shape index (κ1) is 29.9. The van der Waals surface area contributed by atoms with Crippen LogP contribution in [0.5, 0.6) is 0 Å². The Hall–Kier alpha value is -2.66. The summed E-state index contributed by atoms with van der Waals surface area (Å²) in [7, 11) is 0. The third-order valence-corrected chi connectivity index (χ3v) is 8.27. The molecule has 0 aromatic heterocycles. The van der Waals surface area contributed by atoms with Crippen LogP contribution in [-0.4, -0.2) is 76.5 Å². The van der Waals surface area contributed by atoms with Crippen LogP contribution in [0.15, 0.2) is 11.9 Å². The minimum Gasteiger partial charge on any atom is -0.403 e. The molecule has 0 spiro atoms. The van der Waals surface area contributed by atoms with Gasteiger partial charge in [0.05, 0.1) is 11.3 Å². The minimum atomic E-state index is -1.45. The van der Waals surface area contributed by atoms with Crippen LogP contribution in [0, 0.1) is 11.8 Å². The van der Waals surface area contributed by atoms with E-state index >= 15 is 0 Å². The maximum absolute atomic E-state index is 13.7. The molecule has 11 nitrogen and oxygen atoms in total. The zero-order valence-corrected chi connectivity index (χ0v) is 23.0. The van der Waals surface area contributed by atoms with Crippen LogP contribution in [0.1, 0.15) is 78.6 Å². The number of hydrogen-bond donors (Lipinski definition) is 5. The molecule has 1 saturated carbocycles. The second kappa shape index (κ2) is 12.5. The average Bonchev–Trinajstić information content (AvgIpc) is 3.30. The van der Waals surface area contributed by atoms with Gasteiger partial charge in [-0.2, -0.15) is 0 Å². The number of primary amides is 1. The van der Waals surface area contributed by atoms with Crippen molar-refractivity contribution in [2.45, 2.75) is 102 Å². The summed E-state index contributed by atoms with van der Waals surface area (Å²) in [6.07, 6.45) is 8.36. The van der Waals surface area contributed by atoms with E-state index in [0.717, 1.165) is 19.3 Å². The van der Waals surface area contributed by atoms with E-state index in [2.05, 4.69) is 10.6 Å². The fourth-order valence-electron chi connectivity index (χ4n) is 6.07. The summed E-state index contributed by atoms with van der Waals surface area (Å²) in [4.78, 5) is 53.6. The molecule has 3 rings (SSSR count). The molecule has 3 fully saturated rings. The molecule has 0 unspecified atom stereocenters. The van der Waals surface area contributed by atoms with Crippen LogP contribution in [-0.2, 0) is 23.9 Å². The first-order valence-corrected chi connectivity index (χ1v) is 13.8. The highest BCUT2D eigenvalue weighted by Gasteiger charge is 2.48. The zero-order valence-electron chi connectivity index (χ0n) is 23.0. The second-order valence-electron chi connectivity index (χ2n) is 11.7. The van der Waals surface area contributed by atoms with Crippen molar-refractivity contribution in [3.63, 3.8) is 0 Å². The Morgan fingerprint density at radius 1 is 1.16 bits per heavy atom. The molecule has 11 heteroatoms. The molecule has 38 heavy (non-hydrogen) atoms. The van der Waals surface area contributed by atoms with Crippen molar-refractivity contribution in [1.82, 2.24) is 15.5 Å². The fourth-order valence-corrected chi connectivity index (χ4v) is 6.07. The molecular formula is C27H45N5O6. The molecule has 0 aromatic carbocycles. The Bertz CT molecular complexity index is 917. The number of rotatable bonds is 10. The van der Waals surface area contributed by atoms with E-state index in [4.69, 9.17) is 16.2 Å². The van der Waals surface area contributed by atoms with Crippen LogP contribution in [0.3, 0.4) is 0 Å². The molecule has 2 heterocycles. The number of ether oxygens (including phenoxy) is 1. The van der Waals surface area contributed by atoms with Crippen molar-refractivity contribution >= 4 is 23.5 Å². The van der Waals surface area contributed by atoms with Gasteiger partial charge in [-0.05, 0) is 32.6 Å². The summed E-state index contributed by atoms with van der Waals surface area (Å²) in [5.41, 5.74) is 8.76. The highest BCUT2D eigenvalue weighted by atomic mass is 16.5. The van der Waals surface area contributed by atoms with Gasteiger partial charge in [-0.25, -0.2) is 0 Å². The standard InChI is InChI=1S/C27H45N5O6/c1-17(13-18-7-5-4-6-8-18)25(36)32-16-19(30-21(15-28)26(2,3)37)14-20(32)24(35)31-27(22(33)23(29)34)9-11-38-12-10-27/h15,17-20,30,37H,4-14,16,28H2,1-3H3,(H2,29,34)(H,31,35)/b21-15-/t17-,19+,20+/m1/s1. The number of ketones is 1. The van der Waals surface area contributed by atoms with Gasteiger partial charge in [0.25, 0.3) is 5.91 Å². The lowest BCUT2D eigenvalue weighted by Crippen LogP contribution is -2.63. The van der Waals surface area contributed by atoms with Crippen LogP contribution < -0.4 is 22.1 Å². The molecule has 214 valence electrons. The van der Waals surface area contributed by atoms with E-state index in [1.54, 1.807) is 18.7 Å². The first-order valence-electron chi connectivity index (χ1n) is 13.8. The second-order valence-corrected chi connectivity index (χ2v) is 11.7. The number of aliphatic hydroxyl groups is 1. The third kappa shape index (κ3) is 7.05. The van der Waals surface area contributed by atoms with E-state index in [0.29, 0.717) is 11.6 Å². The number of carbonyl (C=O) groups excluding carboxylic acids is 4. The Balaban J connectivity index is 1.82. The number of amides is 3. The molecule has 3 atom stereocenters. The van der Waals surface area contributed by atoms with Crippen molar-refractivity contribution < 1.29 is 29.0 Å². The predicted molar refractivity (Wildman–Crippen MR) is 141 cm³/mol. The molecule has 2 saturated heterocycles. The van der Waals surface area contributed by atoms with E-state index < -0.39 is 34.8 Å². The summed E-state index contributed by atoms with van der Waals surface area (Å²) in [6, 6.07) is -1.22. The van der Waals surface area contributed by atoms with Crippen molar-refractivity contribution in [3.05, 3.63) is 11.9 Å². The van der Waals surface area contributed by atoms with Crippen LogP contribution in [0.25, 0.3) is 0 Å². The van der Waals surface area contributed by atoms with Gasteiger partial charge < -0.3 is 36.8 Å². The van der Waals surface area contributed by atoms with E-state index in [1.165, 1.54) is 25.5 Å². The van der Waals surface area contributed by atoms with E-state index in [9.17, 15) is 24.3 Å². The van der Waals surface area contributed by atoms with Crippen LogP contribution in [0.4, 0.5) is 0 Å². The van der Waals surface area contributed by atoms with Crippen molar-refractivity contribution in [1.29, 1.82) is 0 Å². The molecule has 0 radical (unpaired) electrons. The summed E-state index contributed by atoms with van der Waals surface area (Å²) in [6.45, 7) is 5.73. The van der Waals surface area contributed by atoms with E-state index in [1.807, 2.05) is 6.92 Å². The normalized spacial score (nSPS) is 25.5. The SMILES string of the molecule is C[C@H](CC1CCCCC1)C(=O)N1C[C@@H](N/C(=C\N)C(C)(C)O)C[C@H]1C(=O)NC1(C(=O)C(N)=O)CCOCC1. The topological polar surface area (TPSA) is 177 Å². The number of likely N-dealkylation sites (tertiary alicyclic amines) is 1. The Morgan fingerprint density at radius 3 is 2.34 bits per heavy atom. The monoisotopic (exact) mass is 535 g/mol. The third-order valence-electron chi connectivity index (χ3n) is 8.27. The van der Waals surface area contributed by atoms with Gasteiger partial charge in [0.2, 0.25) is 17.6 Å². The van der Waals surface area contributed by atoms with Crippen LogP contribution >= 0.6 is 0 Å². The summed E-state index contributed by atoms with van der Waals surface area (Å²) in [5.74, 6) is -2.38. The van der Waals surface area contributed by atoms with Gasteiger partial charge in [0.1, 0.15) is 11.6 Å². The molecule has 2 aliphatic heterocycles. The largest absolute Gasteiger partial charge is 0.403 e. The highest BCUT2D eigenvalue weighted by molar-refractivity contribution is 6.39. The maximum atomic E-state index is 13.7. The number of Topliss-reactive ketones (excluding diaryl/α,β-unsaturated/α-hetero) is 1. The van der Waals surface area contributed by atoms with Gasteiger partial charge in [-0.3, -0.25) is 19.2 Å². The van der Waals surface area contributed by atoms with Gasteiger partial charge in [-0.1, -0.05) is 39.0 Å². The predicted octanol–water partition coefficient (Wildman–Crippen LogP) is 0.443. The summed E-state index contributed by atoms with van der Waals surface area (Å²) < 4.78 is 5.36. The lowest BCUT2D eigenvalue weighted by molar-refractivity contribution is -0.147. The summed E-state index contributed by atoms with van der Waals surface area (Å²) in [5, 5.41) is 16.5. The Labute approximate surface area is 225 Å². The smallest absolute Gasteiger partial charge is 0.287 e. The quantitative estimate of drug-likeness (QED) is 0.250. The van der Waals surface area contributed by atoms with Gasteiger partial charge in [-0.15, -0.1) is 0 Å². The minimum absolute atomic E-state index is 0.121. The van der Waals surface area contributed by atoms with Crippen molar-refractivity contribution in [2.24, 2.45) is 23.3 Å². The molecule has 3 amide bonds. The van der Waals surface area contributed by atoms with Gasteiger partial charge >= 0.3 is 0 Å². The maximum Gasteiger partial charge on any atom is 0.287 e. The zero-order chi connectivity index (χ0) is 28.1. The van der Waals surface area contributed by atoms with Crippen molar-refractivity contribution in [3.8, 4) is 0 Å². The van der Waals surface area contributed by atoms with Gasteiger partial charge in [0.15, 0.2) is 0 Å². The number of nitrogens with two attached hydrogens (primary N) is 2. The number of carbonyl (C=O) groups is 4. The Morgan fingerprint density at radius 2 is 1.79 bits per heavy atom. The summed E-state index contributed by atoms with van der Waals surface area (Å²) >= 11 is 0. The van der Waals surface area contributed by atoms with Gasteiger partial charge in [0, 0.05) is 50.8 Å². The number of nitrogens with one attached hydrogen (secondary N) is 2. The molecule has 0 aromatic rings. The lowest BCUT2D eigenvalue weighted by Gasteiger charge is -2.37. The first-order chi connectivity index (χ1) is 17.9. The fraction of sp³-hybridized carbons (Fsp3) is 0.778. The van der Waals surface area contributed by atoms with Crippen LogP contribution in [0.2, 0.25) is 0 Å². The molecule has 1 aliphatic carbocycles. The average molecular weight is 536 g/mol. The van der Waals surface area contributed by atoms with Crippen molar-refractivity contribution in [2.75, 3.05) is 19.8 Å². The highest BCUT2D eigenvalue weighted by Crippen LogP contribution is 2.32. The molecule has 7 N–H and O–H groups in total. The molecule has 0 bridgehead atoms. The lowest BCUT2D eigenvalue weighted by atomic mass is 9.83. The number of hydrogen-bond acceptors (Lipinski definition) is 8. The molecular weight excluding hydrogens is 490 g/mol. The Kier molecular flexibility index (Phi) is 9.80. The number of nitrogens with zero attached hydrogens (tertiary/aromatic N) is 1. The van der Waals surface area contributed by atoms with E-state index in [-0.39, 0.29) is 56.9 Å².